The van der Waals surface area contributed by atoms with E-state index in [-0.39, 0.29) is 24.2 Å². The summed E-state index contributed by atoms with van der Waals surface area (Å²) in [4.78, 5) is 37.5. The Morgan fingerprint density at radius 3 is 2.29 bits per heavy atom. The van der Waals surface area contributed by atoms with Crippen LogP contribution in [0.1, 0.15) is 92.6 Å². The first-order valence-electron chi connectivity index (χ1n) is 14.5. The summed E-state index contributed by atoms with van der Waals surface area (Å²) in [5, 5.41) is 8.68. The lowest BCUT2D eigenvalue weighted by Gasteiger charge is -2.32. The molecule has 4 heterocycles. The Labute approximate surface area is 225 Å². The number of nitrogens with zero attached hydrogens (tertiary/aromatic N) is 1. The number of carbonyl (C=O) groups is 3. The number of ether oxygens (including phenoxy) is 1. The van der Waals surface area contributed by atoms with Crippen molar-refractivity contribution in [2.75, 3.05) is 26.2 Å². The van der Waals surface area contributed by atoms with Crippen molar-refractivity contribution in [3.63, 3.8) is 0 Å². The van der Waals surface area contributed by atoms with Crippen LogP contribution in [0.15, 0.2) is 18.2 Å². The Morgan fingerprint density at radius 2 is 1.63 bits per heavy atom. The van der Waals surface area contributed by atoms with Crippen LogP contribution in [-0.2, 0) is 20.9 Å². The maximum atomic E-state index is 14.2. The van der Waals surface area contributed by atoms with Crippen molar-refractivity contribution < 1.29 is 23.5 Å². The van der Waals surface area contributed by atoms with Gasteiger partial charge < -0.3 is 20.3 Å². The average Bonchev–Trinajstić information content (AvgIpc) is 3.24. The summed E-state index contributed by atoms with van der Waals surface area (Å²) in [5.41, 5.74) is 2.31. The lowest BCUT2D eigenvalue weighted by atomic mass is 9.87. The molecule has 3 atom stereocenters. The molecule has 1 aromatic carbocycles. The first kappa shape index (κ1) is 28.6. The normalized spacial score (nSPS) is 27.8. The Bertz CT molecular complexity index is 979. The average molecular weight is 531 g/mol. The molecule has 3 N–H and O–H groups in total. The van der Waals surface area contributed by atoms with E-state index in [0.717, 1.165) is 37.2 Å². The minimum Gasteiger partial charge on any atom is -0.375 e. The molecule has 0 bridgehead atoms. The Balaban J connectivity index is 0.000000215. The van der Waals surface area contributed by atoms with Crippen molar-refractivity contribution in [3.8, 4) is 0 Å². The van der Waals surface area contributed by atoms with Crippen molar-refractivity contribution >= 4 is 17.7 Å². The third-order valence-electron chi connectivity index (χ3n) is 8.11. The van der Waals surface area contributed by atoms with Gasteiger partial charge in [-0.2, -0.15) is 0 Å². The van der Waals surface area contributed by atoms with Crippen molar-refractivity contribution in [3.05, 3.63) is 34.9 Å². The SMILES string of the molecule is C1CC(OC2CCNCC2)C1.CC.O=C1CCC(N2Cc3cc(C4CCNCC4F)ccc3C2=O)C(=O)N1. The molecule has 8 nitrogen and oxygen atoms in total. The number of imide groups is 1. The molecule has 3 unspecified atom stereocenters. The van der Waals surface area contributed by atoms with Crippen molar-refractivity contribution in [2.45, 2.75) is 102 Å². The molecule has 9 heteroatoms. The summed E-state index contributed by atoms with van der Waals surface area (Å²) >= 11 is 0. The first-order chi connectivity index (χ1) is 18.5. The second-order valence-corrected chi connectivity index (χ2v) is 10.6. The van der Waals surface area contributed by atoms with Gasteiger partial charge in [-0.1, -0.05) is 26.0 Å². The number of amides is 3. The van der Waals surface area contributed by atoms with E-state index in [4.69, 9.17) is 4.74 Å². The van der Waals surface area contributed by atoms with Crippen LogP contribution in [0.25, 0.3) is 0 Å². The van der Waals surface area contributed by atoms with E-state index in [1.165, 1.54) is 37.0 Å². The third-order valence-corrected chi connectivity index (χ3v) is 8.11. The van der Waals surface area contributed by atoms with Gasteiger partial charge in [0.15, 0.2) is 0 Å². The number of hydrogen-bond acceptors (Lipinski definition) is 6. The second-order valence-electron chi connectivity index (χ2n) is 10.6. The largest absolute Gasteiger partial charge is 0.375 e. The van der Waals surface area contributed by atoms with Gasteiger partial charge >= 0.3 is 0 Å². The van der Waals surface area contributed by atoms with Gasteiger partial charge in [-0.25, -0.2) is 4.39 Å². The van der Waals surface area contributed by atoms with Gasteiger partial charge in [-0.3, -0.25) is 19.7 Å². The van der Waals surface area contributed by atoms with E-state index in [1.54, 1.807) is 6.07 Å². The van der Waals surface area contributed by atoms with E-state index < -0.39 is 18.1 Å². The van der Waals surface area contributed by atoms with Crippen LogP contribution in [0.4, 0.5) is 4.39 Å². The van der Waals surface area contributed by atoms with Crippen LogP contribution in [0, 0.1) is 0 Å². The molecule has 3 saturated heterocycles. The molecule has 5 aliphatic rings. The standard InChI is InChI=1S/C18H20FN3O3.C9H17NO.C2H6/c19-14-8-20-6-5-12(14)10-1-2-13-11(7-10)9-22(18(13)25)15-3-4-16(23)21-17(15)24;1-2-8(3-1)11-9-4-6-10-7-5-9;1-2/h1-2,7,12,14-15,20H,3-6,8-9H2,(H,21,23,24);8-10H,1-7H2;1-2H3. The van der Waals surface area contributed by atoms with Gasteiger partial charge in [0.2, 0.25) is 11.8 Å². The van der Waals surface area contributed by atoms with E-state index >= 15 is 0 Å². The van der Waals surface area contributed by atoms with Gasteiger partial charge in [0.1, 0.15) is 12.2 Å². The van der Waals surface area contributed by atoms with Crippen LogP contribution in [0.2, 0.25) is 0 Å². The number of carbonyl (C=O) groups excluding carboxylic acids is 3. The molecular formula is C29H43FN4O4. The third kappa shape index (κ3) is 6.79. The molecule has 0 aromatic heterocycles. The highest BCUT2D eigenvalue weighted by Crippen LogP contribution is 2.33. The monoisotopic (exact) mass is 530 g/mol. The smallest absolute Gasteiger partial charge is 0.255 e. The molecule has 38 heavy (non-hydrogen) atoms. The number of alkyl halides is 1. The Morgan fingerprint density at radius 1 is 0.921 bits per heavy atom. The molecule has 1 saturated carbocycles. The van der Waals surface area contributed by atoms with Crippen molar-refractivity contribution in [1.82, 2.24) is 20.9 Å². The van der Waals surface area contributed by atoms with Crippen LogP contribution in [0.5, 0.6) is 0 Å². The second kappa shape index (κ2) is 13.6. The Hall–Kier alpha value is -2.36. The van der Waals surface area contributed by atoms with Gasteiger partial charge in [-0.15, -0.1) is 0 Å². The topological polar surface area (TPSA) is 99.8 Å². The first-order valence-corrected chi connectivity index (χ1v) is 14.5. The number of fused-ring (bicyclic) bond motifs is 1. The molecule has 1 aliphatic carbocycles. The van der Waals surface area contributed by atoms with E-state index in [2.05, 4.69) is 16.0 Å². The summed E-state index contributed by atoms with van der Waals surface area (Å²) in [6.45, 7) is 7.76. The summed E-state index contributed by atoms with van der Waals surface area (Å²) in [5.74, 6) is -1.07. The summed E-state index contributed by atoms with van der Waals surface area (Å²) in [6, 6.07) is 4.86. The molecule has 4 aliphatic heterocycles. The lowest BCUT2D eigenvalue weighted by Crippen LogP contribution is -2.52. The fraction of sp³-hybridized carbons (Fsp3) is 0.690. The number of piperidine rings is 3. The van der Waals surface area contributed by atoms with Crippen LogP contribution in [-0.4, -0.2) is 73.2 Å². The highest BCUT2D eigenvalue weighted by Gasteiger charge is 2.39. The van der Waals surface area contributed by atoms with Crippen molar-refractivity contribution in [1.29, 1.82) is 0 Å². The van der Waals surface area contributed by atoms with Crippen LogP contribution >= 0.6 is 0 Å². The molecule has 3 amide bonds. The lowest BCUT2D eigenvalue weighted by molar-refractivity contribution is -0.136. The number of halogens is 1. The maximum Gasteiger partial charge on any atom is 0.255 e. The zero-order valence-corrected chi connectivity index (χ0v) is 22.8. The van der Waals surface area contributed by atoms with Crippen molar-refractivity contribution in [2.24, 2.45) is 0 Å². The van der Waals surface area contributed by atoms with Gasteiger partial charge in [0.05, 0.1) is 12.2 Å². The molecule has 6 rings (SSSR count). The fourth-order valence-corrected chi connectivity index (χ4v) is 5.73. The molecule has 1 aromatic rings. The minimum absolute atomic E-state index is 0.161. The predicted molar refractivity (Wildman–Crippen MR) is 144 cm³/mol. The molecule has 0 radical (unpaired) electrons. The maximum absolute atomic E-state index is 14.2. The summed E-state index contributed by atoms with van der Waals surface area (Å²) in [7, 11) is 0. The molecular weight excluding hydrogens is 487 g/mol. The van der Waals surface area contributed by atoms with E-state index in [9.17, 15) is 18.8 Å². The Kier molecular flexibility index (Phi) is 10.3. The molecule has 210 valence electrons. The van der Waals surface area contributed by atoms with E-state index in [0.29, 0.717) is 37.3 Å². The fourth-order valence-electron chi connectivity index (χ4n) is 5.73. The number of rotatable bonds is 4. The zero-order valence-electron chi connectivity index (χ0n) is 22.8. The molecule has 4 fully saturated rings. The summed E-state index contributed by atoms with van der Waals surface area (Å²) in [6.07, 6.45) is 8.01. The predicted octanol–water partition coefficient (Wildman–Crippen LogP) is 3.20. The van der Waals surface area contributed by atoms with Gasteiger partial charge in [0.25, 0.3) is 5.91 Å². The number of hydrogen-bond donors (Lipinski definition) is 3. The molecule has 0 spiro atoms. The number of benzene rings is 1. The highest BCUT2D eigenvalue weighted by atomic mass is 19.1. The minimum atomic E-state index is -0.935. The van der Waals surface area contributed by atoms with Crippen LogP contribution in [0.3, 0.4) is 0 Å². The van der Waals surface area contributed by atoms with Gasteiger partial charge in [-0.05, 0) is 81.8 Å². The van der Waals surface area contributed by atoms with Crippen LogP contribution < -0.4 is 16.0 Å². The summed E-state index contributed by atoms with van der Waals surface area (Å²) < 4.78 is 20.1. The quantitative estimate of drug-likeness (QED) is 0.517. The van der Waals surface area contributed by atoms with Gasteiger partial charge in [0, 0.05) is 31.0 Å². The zero-order chi connectivity index (χ0) is 27.1. The number of nitrogens with one attached hydrogen (secondary N) is 3. The highest BCUT2D eigenvalue weighted by molar-refractivity contribution is 6.05. The van der Waals surface area contributed by atoms with E-state index in [1.807, 2.05) is 26.0 Å².